The van der Waals surface area contributed by atoms with E-state index < -0.39 is 0 Å². The highest BCUT2D eigenvalue weighted by Crippen LogP contribution is 2.18. The smallest absolute Gasteiger partial charge is 0.409 e. The molecule has 1 aromatic rings. The molecule has 2 rings (SSSR count). The highest BCUT2D eigenvalue weighted by Gasteiger charge is 2.23. The Morgan fingerprint density at radius 3 is 2.85 bits per heavy atom. The molecule has 0 aromatic carbocycles. The van der Waals surface area contributed by atoms with Crippen molar-refractivity contribution in [3.63, 3.8) is 0 Å². The maximum atomic E-state index is 11.6. The average Bonchev–Trinajstić information content (AvgIpc) is 2.38. The summed E-state index contributed by atoms with van der Waals surface area (Å²) in [5.41, 5.74) is 5.54. The van der Waals surface area contributed by atoms with E-state index in [0.29, 0.717) is 30.7 Å². The summed E-state index contributed by atoms with van der Waals surface area (Å²) < 4.78 is 4.98. The largest absolute Gasteiger partial charge is 0.450 e. The van der Waals surface area contributed by atoms with E-state index in [-0.39, 0.29) is 18.1 Å². The minimum atomic E-state index is -0.250. The average molecular weight is 300 g/mol. The molecule has 110 valence electrons. The summed E-state index contributed by atoms with van der Waals surface area (Å²) in [6, 6.07) is 1.86. The number of rotatable bonds is 3. The standard InChI is InChI=1S/C12H18ClN5O2/c1-2-20-12(19)18-5-3-8(4-6-18)15-10-7-9(13)16-11(14)17-10/h7-8H,2-6H2,1H3,(H3,14,15,16,17). The molecule has 2 heterocycles. The number of nitrogens with zero attached hydrogens (tertiary/aromatic N) is 3. The number of carbonyl (C=O) groups excluding carboxylic acids is 1. The van der Waals surface area contributed by atoms with Gasteiger partial charge in [-0.25, -0.2) is 9.78 Å². The molecule has 1 aliphatic heterocycles. The number of aromatic nitrogens is 2. The number of likely N-dealkylation sites (tertiary alicyclic amines) is 1. The lowest BCUT2D eigenvalue weighted by molar-refractivity contribution is 0.0983. The third-order valence-electron chi connectivity index (χ3n) is 3.09. The molecule has 8 heteroatoms. The number of piperidine rings is 1. The van der Waals surface area contributed by atoms with Crippen molar-refractivity contribution in [2.75, 3.05) is 30.7 Å². The van der Waals surface area contributed by atoms with Crippen LogP contribution in [0.3, 0.4) is 0 Å². The van der Waals surface area contributed by atoms with Gasteiger partial charge < -0.3 is 20.7 Å². The van der Waals surface area contributed by atoms with Gasteiger partial charge in [0.05, 0.1) is 6.61 Å². The molecule has 0 unspecified atom stereocenters. The van der Waals surface area contributed by atoms with Crippen molar-refractivity contribution < 1.29 is 9.53 Å². The van der Waals surface area contributed by atoms with Gasteiger partial charge in [-0.2, -0.15) is 4.98 Å². The molecule has 0 atom stereocenters. The minimum Gasteiger partial charge on any atom is -0.450 e. The Kier molecular flexibility index (Phi) is 4.84. The van der Waals surface area contributed by atoms with Crippen molar-refractivity contribution in [1.82, 2.24) is 14.9 Å². The first-order valence-corrected chi connectivity index (χ1v) is 6.94. The lowest BCUT2D eigenvalue weighted by atomic mass is 10.1. The van der Waals surface area contributed by atoms with Gasteiger partial charge in [-0.3, -0.25) is 0 Å². The fourth-order valence-corrected chi connectivity index (χ4v) is 2.33. The van der Waals surface area contributed by atoms with Crippen LogP contribution >= 0.6 is 11.6 Å². The van der Waals surface area contributed by atoms with Crippen molar-refractivity contribution in [2.24, 2.45) is 0 Å². The van der Waals surface area contributed by atoms with Crippen molar-refractivity contribution in [2.45, 2.75) is 25.8 Å². The minimum absolute atomic E-state index is 0.143. The number of ether oxygens (including phenoxy) is 1. The van der Waals surface area contributed by atoms with Gasteiger partial charge in [-0.15, -0.1) is 0 Å². The zero-order valence-electron chi connectivity index (χ0n) is 11.3. The van der Waals surface area contributed by atoms with Crippen LogP contribution in [0.4, 0.5) is 16.6 Å². The normalized spacial score (nSPS) is 16.0. The van der Waals surface area contributed by atoms with Gasteiger partial charge >= 0.3 is 6.09 Å². The molecular weight excluding hydrogens is 282 g/mol. The lowest BCUT2D eigenvalue weighted by Crippen LogP contribution is -2.42. The number of carbonyl (C=O) groups is 1. The van der Waals surface area contributed by atoms with Gasteiger partial charge in [0.15, 0.2) is 0 Å². The second kappa shape index (κ2) is 6.60. The van der Waals surface area contributed by atoms with Gasteiger partial charge in [0.2, 0.25) is 5.95 Å². The third-order valence-corrected chi connectivity index (χ3v) is 3.28. The molecule has 7 nitrogen and oxygen atoms in total. The molecule has 1 saturated heterocycles. The van der Waals surface area contributed by atoms with Crippen LogP contribution in [0.25, 0.3) is 0 Å². The van der Waals surface area contributed by atoms with Crippen LogP contribution in [-0.2, 0) is 4.74 Å². The molecule has 1 fully saturated rings. The SMILES string of the molecule is CCOC(=O)N1CCC(Nc2cc(Cl)nc(N)n2)CC1. The number of nitrogen functional groups attached to an aromatic ring is 1. The molecule has 3 N–H and O–H groups in total. The van der Waals surface area contributed by atoms with Crippen LogP contribution in [0.15, 0.2) is 6.07 Å². The monoisotopic (exact) mass is 299 g/mol. The summed E-state index contributed by atoms with van der Waals surface area (Å²) in [6.45, 7) is 3.51. The zero-order valence-corrected chi connectivity index (χ0v) is 12.1. The molecule has 0 bridgehead atoms. The quantitative estimate of drug-likeness (QED) is 0.826. The van der Waals surface area contributed by atoms with Crippen LogP contribution < -0.4 is 11.1 Å². The Balaban J connectivity index is 1.86. The van der Waals surface area contributed by atoms with Gasteiger partial charge in [0, 0.05) is 25.2 Å². The van der Waals surface area contributed by atoms with E-state index in [1.54, 1.807) is 17.9 Å². The summed E-state index contributed by atoms with van der Waals surface area (Å²) in [7, 11) is 0. The molecule has 0 radical (unpaired) electrons. The summed E-state index contributed by atoms with van der Waals surface area (Å²) in [5.74, 6) is 0.751. The van der Waals surface area contributed by atoms with Crippen molar-refractivity contribution >= 4 is 29.5 Å². The second-order valence-electron chi connectivity index (χ2n) is 4.54. The summed E-state index contributed by atoms with van der Waals surface area (Å²) >= 11 is 5.83. The highest BCUT2D eigenvalue weighted by atomic mass is 35.5. The molecule has 20 heavy (non-hydrogen) atoms. The molecule has 1 aromatic heterocycles. The molecule has 1 amide bonds. The molecule has 0 spiro atoms. The maximum absolute atomic E-state index is 11.6. The molecule has 0 saturated carbocycles. The number of anilines is 2. The maximum Gasteiger partial charge on any atom is 0.409 e. The van der Waals surface area contributed by atoms with E-state index in [1.807, 2.05) is 0 Å². The van der Waals surface area contributed by atoms with Gasteiger partial charge in [0.25, 0.3) is 0 Å². The van der Waals surface area contributed by atoms with Gasteiger partial charge in [-0.05, 0) is 19.8 Å². The van der Waals surface area contributed by atoms with E-state index in [9.17, 15) is 4.79 Å². The highest BCUT2D eigenvalue weighted by molar-refractivity contribution is 6.29. The molecular formula is C12H18ClN5O2. The number of amides is 1. The zero-order chi connectivity index (χ0) is 14.5. The van der Waals surface area contributed by atoms with Crippen molar-refractivity contribution in [3.05, 3.63) is 11.2 Å². The van der Waals surface area contributed by atoms with Gasteiger partial charge in [0.1, 0.15) is 11.0 Å². The van der Waals surface area contributed by atoms with E-state index in [1.165, 1.54) is 0 Å². The first kappa shape index (κ1) is 14.6. The second-order valence-corrected chi connectivity index (χ2v) is 4.93. The molecule has 1 aliphatic rings. The van der Waals surface area contributed by atoms with Crippen LogP contribution in [0.5, 0.6) is 0 Å². The predicted octanol–water partition coefficient (Wildman–Crippen LogP) is 1.74. The molecule has 0 aliphatic carbocycles. The van der Waals surface area contributed by atoms with Crippen LogP contribution in [-0.4, -0.2) is 46.7 Å². The van der Waals surface area contributed by atoms with Crippen LogP contribution in [0.1, 0.15) is 19.8 Å². The van der Waals surface area contributed by atoms with E-state index in [0.717, 1.165) is 12.8 Å². The van der Waals surface area contributed by atoms with E-state index in [2.05, 4.69) is 15.3 Å². The lowest BCUT2D eigenvalue weighted by Gasteiger charge is -2.31. The number of hydrogen-bond donors (Lipinski definition) is 2. The Morgan fingerprint density at radius 2 is 2.25 bits per heavy atom. The van der Waals surface area contributed by atoms with E-state index >= 15 is 0 Å². The fraction of sp³-hybridized carbons (Fsp3) is 0.583. The summed E-state index contributed by atoms with van der Waals surface area (Å²) in [6.07, 6.45) is 1.39. The summed E-state index contributed by atoms with van der Waals surface area (Å²) in [4.78, 5) is 21.2. The number of nitrogens with one attached hydrogen (secondary N) is 1. The van der Waals surface area contributed by atoms with Crippen LogP contribution in [0.2, 0.25) is 5.15 Å². The predicted molar refractivity (Wildman–Crippen MR) is 76.7 cm³/mol. The Morgan fingerprint density at radius 1 is 1.55 bits per heavy atom. The number of halogens is 1. The topological polar surface area (TPSA) is 93.4 Å². The Labute approximate surface area is 122 Å². The third kappa shape index (κ3) is 3.86. The Bertz CT molecular complexity index is 457. The van der Waals surface area contributed by atoms with Gasteiger partial charge in [-0.1, -0.05) is 11.6 Å². The van der Waals surface area contributed by atoms with Crippen molar-refractivity contribution in [1.29, 1.82) is 0 Å². The first-order valence-electron chi connectivity index (χ1n) is 6.56. The number of hydrogen-bond acceptors (Lipinski definition) is 6. The van der Waals surface area contributed by atoms with Crippen LogP contribution in [0, 0.1) is 0 Å². The fourth-order valence-electron chi connectivity index (χ4n) is 2.14. The Hall–Kier alpha value is -1.76. The number of nitrogens with two attached hydrogens (primary N) is 1. The van der Waals surface area contributed by atoms with Crippen molar-refractivity contribution in [3.8, 4) is 0 Å². The van der Waals surface area contributed by atoms with E-state index in [4.69, 9.17) is 22.1 Å². The summed E-state index contributed by atoms with van der Waals surface area (Å²) in [5, 5.41) is 3.57. The first-order chi connectivity index (χ1) is 9.58.